The summed E-state index contributed by atoms with van der Waals surface area (Å²) in [5.41, 5.74) is 2.14. The van der Waals surface area contributed by atoms with E-state index in [-0.39, 0.29) is 5.91 Å². The molecule has 1 spiro atoms. The van der Waals surface area contributed by atoms with Gasteiger partial charge in [-0.2, -0.15) is 0 Å². The smallest absolute Gasteiger partial charge is 0.252 e. The normalized spacial score (nSPS) is 28.1. The highest BCUT2D eigenvalue weighted by Gasteiger charge is 2.46. The zero-order valence-electron chi connectivity index (χ0n) is 10.5. The number of carbonyl (C=O) groups is 1. The van der Waals surface area contributed by atoms with Crippen molar-refractivity contribution in [3.63, 3.8) is 0 Å². The van der Waals surface area contributed by atoms with Crippen LogP contribution in [-0.4, -0.2) is 24.0 Å². The molecule has 1 heterocycles. The monoisotopic (exact) mass is 243 g/mol. The van der Waals surface area contributed by atoms with Crippen molar-refractivity contribution in [2.75, 3.05) is 6.54 Å². The Hall–Kier alpha value is -1.84. The third-order valence-electron chi connectivity index (χ3n) is 3.77. The number of guanidine groups is 1. The maximum absolute atomic E-state index is 12.2. The molecule has 1 aliphatic carbocycles. The van der Waals surface area contributed by atoms with E-state index in [1.165, 1.54) is 11.1 Å². The summed E-state index contributed by atoms with van der Waals surface area (Å²) in [7, 11) is 0. The van der Waals surface area contributed by atoms with Crippen LogP contribution in [0.25, 0.3) is 0 Å². The van der Waals surface area contributed by atoms with E-state index in [1.54, 1.807) is 0 Å². The summed E-state index contributed by atoms with van der Waals surface area (Å²) in [4.78, 5) is 16.4. The van der Waals surface area contributed by atoms with Crippen molar-refractivity contribution in [2.24, 2.45) is 4.99 Å². The summed E-state index contributed by atoms with van der Waals surface area (Å²) >= 11 is 0. The van der Waals surface area contributed by atoms with Crippen LogP contribution in [0, 0.1) is 0 Å². The van der Waals surface area contributed by atoms with Crippen LogP contribution < -0.4 is 10.6 Å². The summed E-state index contributed by atoms with van der Waals surface area (Å²) in [6, 6.07) is 8.35. The number of carbonyl (C=O) groups excluding carboxylic acids is 1. The summed E-state index contributed by atoms with van der Waals surface area (Å²) in [6.45, 7) is 2.64. The van der Waals surface area contributed by atoms with Gasteiger partial charge < -0.3 is 5.32 Å². The molecule has 0 saturated carbocycles. The first-order valence-electron chi connectivity index (χ1n) is 6.44. The summed E-state index contributed by atoms with van der Waals surface area (Å²) in [5, 5.41) is 6.13. The van der Waals surface area contributed by atoms with Crippen molar-refractivity contribution in [2.45, 2.75) is 31.7 Å². The van der Waals surface area contributed by atoms with E-state index < -0.39 is 5.54 Å². The second kappa shape index (κ2) is 4.12. The molecule has 2 aliphatic rings. The lowest BCUT2D eigenvalue weighted by Gasteiger charge is -2.32. The SMILES string of the molecule is CCN=C1NC(=O)C2(CCc3ccccc3C2)N1. The Balaban J connectivity index is 1.91. The largest absolute Gasteiger partial charge is 0.341 e. The van der Waals surface area contributed by atoms with Gasteiger partial charge in [-0.3, -0.25) is 15.1 Å². The van der Waals surface area contributed by atoms with E-state index in [1.807, 2.05) is 13.0 Å². The van der Waals surface area contributed by atoms with Crippen molar-refractivity contribution >= 4 is 11.9 Å². The minimum Gasteiger partial charge on any atom is -0.341 e. The third kappa shape index (κ3) is 1.68. The van der Waals surface area contributed by atoms with Crippen LogP contribution >= 0.6 is 0 Å². The zero-order valence-corrected chi connectivity index (χ0v) is 10.5. The summed E-state index contributed by atoms with van der Waals surface area (Å²) in [6.07, 6.45) is 2.52. The average molecular weight is 243 g/mol. The number of aryl methyl sites for hydroxylation is 1. The maximum atomic E-state index is 12.2. The van der Waals surface area contributed by atoms with E-state index in [0.29, 0.717) is 12.5 Å². The minimum absolute atomic E-state index is 0.0594. The van der Waals surface area contributed by atoms with Gasteiger partial charge in [0.1, 0.15) is 5.54 Å². The molecule has 1 saturated heterocycles. The highest BCUT2D eigenvalue weighted by atomic mass is 16.2. The Morgan fingerprint density at radius 2 is 2.11 bits per heavy atom. The first-order valence-corrected chi connectivity index (χ1v) is 6.44. The Bertz CT molecular complexity index is 524. The molecular weight excluding hydrogens is 226 g/mol. The van der Waals surface area contributed by atoms with Crippen LogP contribution in [0.4, 0.5) is 0 Å². The zero-order chi connectivity index (χ0) is 12.6. The number of fused-ring (bicyclic) bond motifs is 1. The van der Waals surface area contributed by atoms with Crippen molar-refractivity contribution < 1.29 is 4.79 Å². The van der Waals surface area contributed by atoms with Crippen LogP contribution in [0.5, 0.6) is 0 Å². The van der Waals surface area contributed by atoms with Crippen LogP contribution in [-0.2, 0) is 17.6 Å². The van der Waals surface area contributed by atoms with Gasteiger partial charge >= 0.3 is 0 Å². The van der Waals surface area contributed by atoms with Crippen LogP contribution in [0.2, 0.25) is 0 Å². The molecule has 1 aromatic carbocycles. The Morgan fingerprint density at radius 1 is 1.33 bits per heavy atom. The van der Waals surface area contributed by atoms with Crippen molar-refractivity contribution in [1.82, 2.24) is 10.6 Å². The fraction of sp³-hybridized carbons (Fsp3) is 0.429. The molecule has 0 bridgehead atoms. The fourth-order valence-corrected chi connectivity index (χ4v) is 2.81. The molecule has 2 N–H and O–H groups in total. The molecule has 4 nitrogen and oxygen atoms in total. The molecule has 3 rings (SSSR count). The predicted molar refractivity (Wildman–Crippen MR) is 70.5 cm³/mol. The molecule has 1 aliphatic heterocycles. The summed E-state index contributed by atoms with van der Waals surface area (Å²) < 4.78 is 0. The lowest BCUT2D eigenvalue weighted by Crippen LogP contribution is -2.51. The quantitative estimate of drug-likeness (QED) is 0.773. The molecule has 18 heavy (non-hydrogen) atoms. The second-order valence-electron chi connectivity index (χ2n) is 4.93. The minimum atomic E-state index is -0.484. The maximum Gasteiger partial charge on any atom is 0.252 e. The van der Waals surface area contributed by atoms with Gasteiger partial charge in [0, 0.05) is 13.0 Å². The molecule has 4 heteroatoms. The van der Waals surface area contributed by atoms with Gasteiger partial charge in [-0.15, -0.1) is 0 Å². The number of hydrogen-bond donors (Lipinski definition) is 2. The Morgan fingerprint density at radius 3 is 2.89 bits per heavy atom. The molecule has 1 unspecified atom stereocenters. The van der Waals surface area contributed by atoms with Gasteiger partial charge in [0.25, 0.3) is 5.91 Å². The van der Waals surface area contributed by atoms with E-state index >= 15 is 0 Å². The fourth-order valence-electron chi connectivity index (χ4n) is 2.81. The average Bonchev–Trinajstić information content (AvgIpc) is 2.66. The molecule has 0 radical (unpaired) electrons. The van der Waals surface area contributed by atoms with Crippen LogP contribution in [0.1, 0.15) is 24.5 Å². The summed E-state index contributed by atoms with van der Waals surface area (Å²) in [5.74, 6) is 0.686. The Kier molecular flexibility index (Phi) is 2.58. The van der Waals surface area contributed by atoms with Gasteiger partial charge in [0.15, 0.2) is 5.96 Å². The van der Waals surface area contributed by atoms with Crippen molar-refractivity contribution in [1.29, 1.82) is 0 Å². The number of hydrogen-bond acceptors (Lipinski definition) is 2. The van der Waals surface area contributed by atoms with E-state index in [9.17, 15) is 4.79 Å². The van der Waals surface area contributed by atoms with E-state index in [2.05, 4.69) is 33.8 Å². The van der Waals surface area contributed by atoms with E-state index in [4.69, 9.17) is 0 Å². The number of benzene rings is 1. The number of amides is 1. The number of rotatable bonds is 1. The lowest BCUT2D eigenvalue weighted by molar-refractivity contribution is -0.124. The number of aliphatic imine (C=N–C) groups is 1. The van der Waals surface area contributed by atoms with Crippen molar-refractivity contribution in [3.05, 3.63) is 35.4 Å². The molecular formula is C14H17N3O. The number of nitrogens with zero attached hydrogens (tertiary/aromatic N) is 1. The van der Waals surface area contributed by atoms with Crippen LogP contribution in [0.15, 0.2) is 29.3 Å². The first kappa shape index (κ1) is 11.3. The molecule has 1 fully saturated rings. The first-order chi connectivity index (χ1) is 8.73. The van der Waals surface area contributed by atoms with Gasteiger partial charge in [-0.05, 0) is 30.9 Å². The Labute approximate surface area is 106 Å². The molecule has 94 valence electrons. The van der Waals surface area contributed by atoms with Gasteiger partial charge in [0.05, 0.1) is 0 Å². The molecule has 1 aromatic rings. The molecule has 1 atom stereocenters. The third-order valence-corrected chi connectivity index (χ3v) is 3.77. The van der Waals surface area contributed by atoms with Crippen molar-refractivity contribution in [3.8, 4) is 0 Å². The van der Waals surface area contributed by atoms with E-state index in [0.717, 1.165) is 19.3 Å². The van der Waals surface area contributed by atoms with Crippen LogP contribution in [0.3, 0.4) is 0 Å². The molecule has 0 aromatic heterocycles. The number of nitrogens with one attached hydrogen (secondary N) is 2. The predicted octanol–water partition coefficient (Wildman–Crippen LogP) is 1.01. The van der Waals surface area contributed by atoms with Gasteiger partial charge in [-0.1, -0.05) is 24.3 Å². The highest BCUT2D eigenvalue weighted by Crippen LogP contribution is 2.30. The molecule has 1 amide bonds. The highest BCUT2D eigenvalue weighted by molar-refractivity contribution is 6.09. The topological polar surface area (TPSA) is 53.5 Å². The van der Waals surface area contributed by atoms with Gasteiger partial charge in [0.2, 0.25) is 0 Å². The lowest BCUT2D eigenvalue weighted by atomic mass is 9.78. The second-order valence-corrected chi connectivity index (χ2v) is 4.93. The standard InChI is InChI=1S/C14H17N3O/c1-2-15-13-16-12(18)14(17-13)8-7-10-5-3-4-6-11(10)9-14/h3-6H,2,7-9H2,1H3,(H2,15,16,17,18). The van der Waals surface area contributed by atoms with Gasteiger partial charge in [-0.25, -0.2) is 0 Å².